The van der Waals surface area contributed by atoms with E-state index in [0.29, 0.717) is 16.5 Å². The second-order valence-electron chi connectivity index (χ2n) is 6.19. The molecule has 0 fully saturated rings. The number of rotatable bonds is 4. The van der Waals surface area contributed by atoms with Crippen LogP contribution in [-0.2, 0) is 7.05 Å². The van der Waals surface area contributed by atoms with E-state index in [-0.39, 0.29) is 0 Å². The van der Waals surface area contributed by atoms with Crippen LogP contribution in [0.5, 0.6) is 11.5 Å². The predicted molar refractivity (Wildman–Crippen MR) is 107 cm³/mol. The molecule has 27 heavy (non-hydrogen) atoms. The number of hydrogen-bond donors (Lipinski definition) is 0. The van der Waals surface area contributed by atoms with E-state index in [1.165, 1.54) is 0 Å². The van der Waals surface area contributed by atoms with Crippen LogP contribution >= 0.6 is 11.6 Å². The Kier molecular flexibility index (Phi) is 4.46. The summed E-state index contributed by atoms with van der Waals surface area (Å²) in [7, 11) is 5.14. The first-order valence-corrected chi connectivity index (χ1v) is 8.78. The Morgan fingerprint density at radius 3 is 2.26 bits per heavy atom. The quantitative estimate of drug-likeness (QED) is 0.502. The summed E-state index contributed by atoms with van der Waals surface area (Å²) >= 11 is 6.07. The summed E-state index contributed by atoms with van der Waals surface area (Å²) < 4.78 is 12.7. The molecule has 136 valence electrons. The van der Waals surface area contributed by atoms with Gasteiger partial charge in [0.15, 0.2) is 11.5 Å². The zero-order chi connectivity index (χ0) is 19.0. The molecule has 0 bridgehead atoms. The third-order valence-corrected chi connectivity index (χ3v) is 4.72. The van der Waals surface area contributed by atoms with Gasteiger partial charge < -0.3 is 9.47 Å². The van der Waals surface area contributed by atoms with Gasteiger partial charge in [0.1, 0.15) is 0 Å². The maximum absolute atomic E-state index is 6.07. The number of aryl methyl sites for hydroxylation is 1. The van der Waals surface area contributed by atoms with Crippen LogP contribution in [-0.4, -0.2) is 29.0 Å². The Morgan fingerprint density at radius 1 is 0.926 bits per heavy atom. The van der Waals surface area contributed by atoms with Gasteiger partial charge in [-0.25, -0.2) is 4.98 Å². The highest BCUT2D eigenvalue weighted by molar-refractivity contribution is 6.30. The number of hydrogen-bond acceptors (Lipinski definition) is 4. The summed E-state index contributed by atoms with van der Waals surface area (Å²) in [5, 5.41) is 5.94. The van der Waals surface area contributed by atoms with Crippen molar-refractivity contribution in [3.05, 3.63) is 59.9 Å². The standard InChI is InChI=1S/C21H18ClN3O2/c1-25-12-14(11-23-25)18-8-16(13-4-6-15(22)7-5-13)17-9-20(26-2)21(27-3)10-19(17)24-18/h4-12H,1-3H3. The minimum Gasteiger partial charge on any atom is -0.493 e. The molecule has 2 heterocycles. The van der Waals surface area contributed by atoms with Gasteiger partial charge in [0.25, 0.3) is 0 Å². The van der Waals surface area contributed by atoms with Gasteiger partial charge in [-0.2, -0.15) is 5.10 Å². The zero-order valence-corrected chi connectivity index (χ0v) is 16.0. The van der Waals surface area contributed by atoms with Crippen LogP contribution in [0.1, 0.15) is 0 Å². The van der Waals surface area contributed by atoms with Gasteiger partial charge in [0.05, 0.1) is 31.6 Å². The zero-order valence-electron chi connectivity index (χ0n) is 15.2. The van der Waals surface area contributed by atoms with Crippen LogP contribution in [0.4, 0.5) is 0 Å². The fraction of sp³-hybridized carbons (Fsp3) is 0.143. The SMILES string of the molecule is COc1cc2nc(-c3cnn(C)c3)cc(-c3ccc(Cl)cc3)c2cc1OC. The normalized spacial score (nSPS) is 11.0. The molecule has 0 saturated carbocycles. The first kappa shape index (κ1) is 17.4. The number of benzene rings is 2. The van der Waals surface area contributed by atoms with Crippen molar-refractivity contribution in [2.45, 2.75) is 0 Å². The van der Waals surface area contributed by atoms with Gasteiger partial charge >= 0.3 is 0 Å². The second-order valence-corrected chi connectivity index (χ2v) is 6.63. The van der Waals surface area contributed by atoms with Gasteiger partial charge in [0, 0.05) is 35.3 Å². The van der Waals surface area contributed by atoms with Crippen molar-refractivity contribution < 1.29 is 9.47 Å². The first-order chi connectivity index (χ1) is 13.1. The molecule has 0 unspecified atom stereocenters. The predicted octanol–water partition coefficient (Wildman–Crippen LogP) is 4.97. The molecule has 0 atom stereocenters. The van der Waals surface area contributed by atoms with E-state index in [9.17, 15) is 0 Å². The number of nitrogens with zero attached hydrogens (tertiary/aromatic N) is 3. The maximum atomic E-state index is 6.07. The fourth-order valence-corrected chi connectivity index (χ4v) is 3.25. The van der Waals surface area contributed by atoms with Crippen molar-refractivity contribution in [3.8, 4) is 33.9 Å². The average molecular weight is 380 g/mol. The van der Waals surface area contributed by atoms with Crippen molar-refractivity contribution in [1.29, 1.82) is 0 Å². The molecule has 0 radical (unpaired) electrons. The van der Waals surface area contributed by atoms with Crippen LogP contribution in [0.25, 0.3) is 33.3 Å². The van der Waals surface area contributed by atoms with Crippen molar-refractivity contribution in [2.75, 3.05) is 14.2 Å². The van der Waals surface area contributed by atoms with Crippen LogP contribution in [0.2, 0.25) is 5.02 Å². The number of pyridine rings is 1. The molecule has 4 rings (SSSR count). The maximum Gasteiger partial charge on any atom is 0.162 e. The van der Waals surface area contributed by atoms with Gasteiger partial charge in [-0.1, -0.05) is 23.7 Å². The number of fused-ring (bicyclic) bond motifs is 1. The molecule has 0 aliphatic rings. The molecule has 0 N–H and O–H groups in total. The van der Waals surface area contributed by atoms with Gasteiger partial charge in [-0.15, -0.1) is 0 Å². The third kappa shape index (κ3) is 3.22. The minimum atomic E-state index is 0.642. The summed E-state index contributed by atoms with van der Waals surface area (Å²) in [5.74, 6) is 1.30. The van der Waals surface area contributed by atoms with E-state index in [1.54, 1.807) is 25.1 Å². The largest absolute Gasteiger partial charge is 0.493 e. The molecule has 0 spiro atoms. The highest BCUT2D eigenvalue weighted by atomic mass is 35.5. The van der Waals surface area contributed by atoms with Crippen LogP contribution in [0.15, 0.2) is 54.9 Å². The molecular formula is C21H18ClN3O2. The van der Waals surface area contributed by atoms with Crippen molar-refractivity contribution in [3.63, 3.8) is 0 Å². The number of methoxy groups -OCH3 is 2. The molecule has 6 heteroatoms. The number of ether oxygens (including phenoxy) is 2. The molecule has 0 aliphatic carbocycles. The fourth-order valence-electron chi connectivity index (χ4n) is 3.12. The Balaban J connectivity index is 2.03. The average Bonchev–Trinajstić information content (AvgIpc) is 3.13. The second kappa shape index (κ2) is 6.93. The van der Waals surface area contributed by atoms with Gasteiger partial charge in [-0.3, -0.25) is 4.68 Å². The topological polar surface area (TPSA) is 49.2 Å². The van der Waals surface area contributed by atoms with Crippen molar-refractivity contribution in [2.24, 2.45) is 7.05 Å². The van der Waals surface area contributed by atoms with E-state index >= 15 is 0 Å². The van der Waals surface area contributed by atoms with Crippen LogP contribution < -0.4 is 9.47 Å². The highest BCUT2D eigenvalue weighted by Crippen LogP contribution is 2.38. The van der Waals surface area contributed by atoms with Crippen LogP contribution in [0.3, 0.4) is 0 Å². The Hall–Kier alpha value is -3.05. The van der Waals surface area contributed by atoms with Crippen LogP contribution in [0, 0.1) is 0 Å². The highest BCUT2D eigenvalue weighted by Gasteiger charge is 2.14. The smallest absolute Gasteiger partial charge is 0.162 e. The van der Waals surface area contributed by atoms with Gasteiger partial charge in [0.2, 0.25) is 0 Å². The summed E-state index contributed by atoms with van der Waals surface area (Å²) in [4.78, 5) is 4.83. The molecule has 2 aromatic heterocycles. The van der Waals surface area contributed by atoms with E-state index in [2.05, 4.69) is 11.2 Å². The van der Waals surface area contributed by atoms with Crippen molar-refractivity contribution >= 4 is 22.5 Å². The molecule has 2 aromatic carbocycles. The Labute approximate surface area is 162 Å². The Morgan fingerprint density at radius 2 is 1.63 bits per heavy atom. The molecule has 0 aliphatic heterocycles. The summed E-state index contributed by atoms with van der Waals surface area (Å²) in [6, 6.07) is 13.7. The minimum absolute atomic E-state index is 0.642. The van der Waals surface area contributed by atoms with Gasteiger partial charge in [-0.05, 0) is 35.4 Å². The lowest BCUT2D eigenvalue weighted by Gasteiger charge is -2.13. The number of halogens is 1. The third-order valence-electron chi connectivity index (χ3n) is 4.47. The lowest BCUT2D eigenvalue weighted by molar-refractivity contribution is 0.356. The lowest BCUT2D eigenvalue weighted by atomic mass is 9.98. The monoisotopic (exact) mass is 379 g/mol. The number of aromatic nitrogens is 3. The van der Waals surface area contributed by atoms with E-state index < -0.39 is 0 Å². The molecule has 0 amide bonds. The molecule has 5 nitrogen and oxygen atoms in total. The Bertz CT molecular complexity index is 1120. The summed E-state index contributed by atoms with van der Waals surface area (Å²) in [6.07, 6.45) is 3.75. The summed E-state index contributed by atoms with van der Waals surface area (Å²) in [6.45, 7) is 0. The first-order valence-electron chi connectivity index (χ1n) is 8.41. The van der Waals surface area contributed by atoms with E-state index in [1.807, 2.05) is 49.6 Å². The molecular weight excluding hydrogens is 362 g/mol. The molecule has 0 saturated heterocycles. The van der Waals surface area contributed by atoms with E-state index in [0.717, 1.165) is 33.3 Å². The molecule has 4 aromatic rings. The van der Waals surface area contributed by atoms with Crippen molar-refractivity contribution in [1.82, 2.24) is 14.8 Å². The lowest BCUT2D eigenvalue weighted by Crippen LogP contribution is -1.94. The van der Waals surface area contributed by atoms with E-state index in [4.69, 9.17) is 26.1 Å². The summed E-state index contributed by atoms with van der Waals surface area (Å²) in [5.41, 5.74) is 4.69.